The number of aromatic nitrogens is 1. The van der Waals surface area contributed by atoms with Crippen molar-refractivity contribution in [1.29, 1.82) is 0 Å². The van der Waals surface area contributed by atoms with E-state index in [9.17, 15) is 9.59 Å². The second-order valence-electron chi connectivity index (χ2n) is 9.92. The van der Waals surface area contributed by atoms with Gasteiger partial charge in [0.1, 0.15) is 5.69 Å². The molecule has 184 valence electrons. The van der Waals surface area contributed by atoms with E-state index < -0.39 is 6.03 Å². The normalized spacial score (nSPS) is 16.7. The predicted octanol–water partition coefficient (Wildman–Crippen LogP) is 5.57. The first-order valence-corrected chi connectivity index (χ1v) is 12.8. The maximum Gasteiger partial charge on any atom is 0.319 e. The van der Waals surface area contributed by atoms with Crippen LogP contribution < -0.4 is 20.9 Å². The second-order valence-corrected chi connectivity index (χ2v) is 10.2. The molecule has 0 bridgehead atoms. The molecule has 2 aliphatic heterocycles. The molecular formula is C28H28ClN5O2. The third-order valence-corrected chi connectivity index (χ3v) is 7.68. The Morgan fingerprint density at radius 1 is 1.08 bits per heavy atom. The minimum atomic E-state index is -0.459. The molecule has 0 saturated heterocycles. The Labute approximate surface area is 214 Å². The topological polar surface area (TPSA) is 94.5 Å². The maximum atomic E-state index is 13.9. The molecule has 2 aliphatic rings. The molecule has 8 heteroatoms. The number of nitrogens with zero attached hydrogens (tertiary/aromatic N) is 2. The summed E-state index contributed by atoms with van der Waals surface area (Å²) in [5.41, 5.74) is 11.8. The van der Waals surface area contributed by atoms with Crippen molar-refractivity contribution in [3.05, 3.63) is 65.4 Å². The van der Waals surface area contributed by atoms with Crippen molar-refractivity contribution in [3.8, 4) is 0 Å². The number of H-pyrrole nitrogens is 1. The molecule has 4 N–H and O–H groups in total. The zero-order valence-corrected chi connectivity index (χ0v) is 21.0. The minimum Gasteiger partial charge on any atom is -0.382 e. The van der Waals surface area contributed by atoms with Crippen LogP contribution in [0.25, 0.3) is 21.7 Å². The quantitative estimate of drug-likeness (QED) is 0.319. The standard InChI is InChI=1S/C28H28ClN5O2/c1-15(2)31-22-12-25-26(19-6-4-3-5-17(19)22)16(13-29)14-34(25)27(35)23-11-20-18-9-10-33(28(30)36)24(18)8-7-21(20)32-23/h3-8,11-12,15-16,31-32H,9-10,13-14H2,1-2H3,(H2,30,36)/t16-/m1/s1. The number of carbonyl (C=O) groups is 2. The fraction of sp³-hybridized carbons (Fsp3) is 0.286. The van der Waals surface area contributed by atoms with Gasteiger partial charge >= 0.3 is 6.03 Å². The zero-order chi connectivity index (χ0) is 25.1. The molecule has 7 nitrogen and oxygen atoms in total. The van der Waals surface area contributed by atoms with Crippen LogP contribution in [0.5, 0.6) is 0 Å². The van der Waals surface area contributed by atoms with Crippen LogP contribution in [0.2, 0.25) is 0 Å². The number of nitrogens with two attached hydrogens (primary N) is 1. The predicted molar refractivity (Wildman–Crippen MR) is 147 cm³/mol. The number of rotatable bonds is 4. The monoisotopic (exact) mass is 501 g/mol. The van der Waals surface area contributed by atoms with Crippen molar-refractivity contribution in [3.63, 3.8) is 0 Å². The molecule has 3 heterocycles. The summed E-state index contributed by atoms with van der Waals surface area (Å²) in [7, 11) is 0. The van der Waals surface area contributed by atoms with Crippen molar-refractivity contribution < 1.29 is 9.59 Å². The summed E-state index contributed by atoms with van der Waals surface area (Å²) < 4.78 is 0. The molecule has 4 aromatic rings. The number of alkyl halides is 1. The molecule has 6 rings (SSSR count). The van der Waals surface area contributed by atoms with E-state index in [-0.39, 0.29) is 17.9 Å². The van der Waals surface area contributed by atoms with Gasteiger partial charge in [-0.2, -0.15) is 0 Å². The number of benzene rings is 3. The van der Waals surface area contributed by atoms with Gasteiger partial charge in [0.15, 0.2) is 0 Å². The first kappa shape index (κ1) is 22.7. The van der Waals surface area contributed by atoms with Crippen molar-refractivity contribution in [2.45, 2.75) is 32.2 Å². The summed E-state index contributed by atoms with van der Waals surface area (Å²) in [6, 6.07) is 15.9. The van der Waals surface area contributed by atoms with E-state index in [1.54, 1.807) is 4.90 Å². The summed E-state index contributed by atoms with van der Waals surface area (Å²) in [6.45, 7) is 5.28. The summed E-state index contributed by atoms with van der Waals surface area (Å²) in [6.07, 6.45) is 0.707. The van der Waals surface area contributed by atoms with Gasteiger partial charge in [-0.1, -0.05) is 24.3 Å². The molecule has 36 heavy (non-hydrogen) atoms. The number of amides is 3. The Morgan fingerprint density at radius 2 is 1.86 bits per heavy atom. The first-order chi connectivity index (χ1) is 17.4. The lowest BCUT2D eigenvalue weighted by molar-refractivity contribution is 0.0984. The van der Waals surface area contributed by atoms with E-state index in [0.717, 1.165) is 49.9 Å². The number of urea groups is 1. The van der Waals surface area contributed by atoms with Gasteiger partial charge in [-0.3, -0.25) is 9.69 Å². The molecular weight excluding hydrogens is 474 g/mol. The lowest BCUT2D eigenvalue weighted by Gasteiger charge is -2.20. The number of nitrogens with one attached hydrogen (secondary N) is 2. The third-order valence-electron chi connectivity index (χ3n) is 7.31. The Morgan fingerprint density at radius 3 is 2.58 bits per heavy atom. The molecule has 0 radical (unpaired) electrons. The molecule has 1 atom stereocenters. The van der Waals surface area contributed by atoms with Gasteiger partial charge in [0.05, 0.1) is 5.69 Å². The lowest BCUT2D eigenvalue weighted by atomic mass is 9.95. The van der Waals surface area contributed by atoms with Gasteiger partial charge in [-0.15, -0.1) is 11.6 Å². The van der Waals surface area contributed by atoms with E-state index >= 15 is 0 Å². The second kappa shape index (κ2) is 8.45. The maximum absolute atomic E-state index is 13.9. The minimum absolute atomic E-state index is 0.0429. The number of anilines is 3. The van der Waals surface area contributed by atoms with Gasteiger partial charge in [0, 0.05) is 58.6 Å². The van der Waals surface area contributed by atoms with Crippen LogP contribution in [-0.2, 0) is 6.42 Å². The summed E-state index contributed by atoms with van der Waals surface area (Å²) >= 11 is 6.44. The fourth-order valence-corrected chi connectivity index (χ4v) is 6.05. The number of carbonyl (C=O) groups excluding carboxylic acids is 2. The lowest BCUT2D eigenvalue weighted by Crippen LogP contribution is -2.33. The van der Waals surface area contributed by atoms with Gasteiger partial charge in [-0.05, 0) is 61.0 Å². The zero-order valence-electron chi connectivity index (χ0n) is 20.3. The van der Waals surface area contributed by atoms with E-state index in [1.807, 2.05) is 35.2 Å². The van der Waals surface area contributed by atoms with E-state index in [4.69, 9.17) is 17.3 Å². The van der Waals surface area contributed by atoms with E-state index in [0.29, 0.717) is 31.1 Å². The Hall–Kier alpha value is -3.71. The van der Waals surface area contributed by atoms with Crippen LogP contribution in [0, 0.1) is 0 Å². The van der Waals surface area contributed by atoms with Gasteiger partial charge in [0.25, 0.3) is 5.91 Å². The smallest absolute Gasteiger partial charge is 0.319 e. The number of halogens is 1. The van der Waals surface area contributed by atoms with Crippen molar-refractivity contribution in [1.82, 2.24) is 4.98 Å². The molecule has 0 saturated carbocycles. The molecule has 0 spiro atoms. The van der Waals surface area contributed by atoms with Crippen molar-refractivity contribution in [2.75, 3.05) is 34.1 Å². The summed E-state index contributed by atoms with van der Waals surface area (Å²) in [5.74, 6) is 0.381. The average molecular weight is 502 g/mol. The molecule has 0 unspecified atom stereocenters. The van der Waals surface area contributed by atoms with Gasteiger partial charge in [-0.25, -0.2) is 4.79 Å². The largest absolute Gasteiger partial charge is 0.382 e. The third kappa shape index (κ3) is 3.41. The van der Waals surface area contributed by atoms with Gasteiger partial charge < -0.3 is 20.9 Å². The molecule has 3 aromatic carbocycles. The Bertz CT molecular complexity index is 1540. The van der Waals surface area contributed by atoms with Crippen LogP contribution in [0.15, 0.2) is 48.5 Å². The SMILES string of the molecule is CC(C)Nc1cc2c(c3ccccc13)[C@H](CCl)CN2C(=O)c1cc2c3c(ccc2[nH]1)N(C(N)=O)CC3. The van der Waals surface area contributed by atoms with E-state index in [1.165, 1.54) is 0 Å². The summed E-state index contributed by atoms with van der Waals surface area (Å²) in [4.78, 5) is 32.5. The molecule has 0 aliphatic carbocycles. The highest BCUT2D eigenvalue weighted by molar-refractivity contribution is 6.19. The highest BCUT2D eigenvalue weighted by Crippen LogP contribution is 2.45. The molecule has 3 amide bonds. The number of fused-ring (bicyclic) bond motifs is 6. The summed E-state index contributed by atoms with van der Waals surface area (Å²) in [5, 5.41) is 6.76. The van der Waals surface area contributed by atoms with Crippen LogP contribution in [0.1, 0.15) is 41.4 Å². The van der Waals surface area contributed by atoms with Crippen molar-refractivity contribution >= 4 is 62.3 Å². The van der Waals surface area contributed by atoms with Crippen LogP contribution in [-0.4, -0.2) is 41.9 Å². The van der Waals surface area contributed by atoms with Crippen LogP contribution in [0.3, 0.4) is 0 Å². The molecule has 0 fully saturated rings. The number of hydrogen-bond donors (Lipinski definition) is 3. The number of primary amides is 1. The Balaban J connectivity index is 1.45. The van der Waals surface area contributed by atoms with Crippen LogP contribution >= 0.6 is 11.6 Å². The van der Waals surface area contributed by atoms with Crippen LogP contribution in [0.4, 0.5) is 21.9 Å². The number of hydrogen-bond acceptors (Lipinski definition) is 3. The highest BCUT2D eigenvalue weighted by Gasteiger charge is 2.36. The Kier molecular flexibility index (Phi) is 5.34. The van der Waals surface area contributed by atoms with E-state index in [2.05, 4.69) is 42.3 Å². The fourth-order valence-electron chi connectivity index (χ4n) is 5.80. The number of aromatic amines is 1. The van der Waals surface area contributed by atoms with Gasteiger partial charge in [0.2, 0.25) is 0 Å². The molecule has 1 aromatic heterocycles. The first-order valence-electron chi connectivity index (χ1n) is 12.3. The average Bonchev–Trinajstić information content (AvgIpc) is 3.57. The van der Waals surface area contributed by atoms with Crippen molar-refractivity contribution in [2.24, 2.45) is 5.73 Å². The highest BCUT2D eigenvalue weighted by atomic mass is 35.5.